The van der Waals surface area contributed by atoms with Crippen molar-refractivity contribution in [2.24, 2.45) is 5.92 Å². The van der Waals surface area contributed by atoms with Crippen LogP contribution in [0.3, 0.4) is 0 Å². The number of carbonyl (C=O) groups excluding carboxylic acids is 1. The second-order valence-electron chi connectivity index (χ2n) is 7.97. The van der Waals surface area contributed by atoms with Gasteiger partial charge in [0.2, 0.25) is 0 Å². The zero-order valence-electron chi connectivity index (χ0n) is 17.1. The van der Waals surface area contributed by atoms with Crippen LogP contribution in [0, 0.1) is 16.0 Å². The summed E-state index contributed by atoms with van der Waals surface area (Å²) in [7, 11) is 0. The van der Waals surface area contributed by atoms with Crippen LogP contribution in [0.2, 0.25) is 0 Å². The van der Waals surface area contributed by atoms with E-state index in [0.717, 1.165) is 30.6 Å². The van der Waals surface area contributed by atoms with Crippen LogP contribution in [-0.4, -0.2) is 65.2 Å². The third-order valence-electron chi connectivity index (χ3n) is 5.97. The van der Waals surface area contributed by atoms with Crippen LogP contribution < -0.4 is 9.80 Å². The normalized spacial score (nSPS) is 17.8. The molecule has 9 nitrogen and oxygen atoms in total. The van der Waals surface area contributed by atoms with Crippen molar-refractivity contribution in [2.45, 2.75) is 19.8 Å². The Bertz CT molecular complexity index is 903. The van der Waals surface area contributed by atoms with Gasteiger partial charge in [-0.3, -0.25) is 14.9 Å². The number of carbonyl (C=O) groups is 1. The molecular weight excluding hydrogens is 384 g/mol. The highest BCUT2D eigenvalue weighted by Crippen LogP contribution is 2.24. The van der Waals surface area contributed by atoms with E-state index in [1.807, 2.05) is 12.1 Å². The van der Waals surface area contributed by atoms with Gasteiger partial charge in [-0.2, -0.15) is 0 Å². The summed E-state index contributed by atoms with van der Waals surface area (Å²) in [5.74, 6) is 2.17. The van der Waals surface area contributed by atoms with Crippen LogP contribution in [0.1, 0.15) is 30.1 Å². The van der Waals surface area contributed by atoms with E-state index in [2.05, 4.69) is 26.9 Å². The molecule has 0 aliphatic carbocycles. The molecule has 0 bridgehead atoms. The number of para-hydroxylation sites is 1. The molecule has 2 saturated heterocycles. The molecule has 2 aliphatic rings. The Morgan fingerprint density at radius 1 is 0.933 bits per heavy atom. The summed E-state index contributed by atoms with van der Waals surface area (Å²) >= 11 is 0. The number of anilines is 2. The minimum Gasteiger partial charge on any atom is -0.355 e. The third kappa shape index (κ3) is 4.19. The van der Waals surface area contributed by atoms with Gasteiger partial charge >= 0.3 is 0 Å². The zero-order valence-corrected chi connectivity index (χ0v) is 17.1. The summed E-state index contributed by atoms with van der Waals surface area (Å²) in [6.07, 6.45) is 2.36. The van der Waals surface area contributed by atoms with Gasteiger partial charge in [-0.1, -0.05) is 19.1 Å². The van der Waals surface area contributed by atoms with Crippen LogP contribution in [0.5, 0.6) is 0 Å². The molecule has 158 valence electrons. The number of piperazine rings is 1. The van der Waals surface area contributed by atoms with Gasteiger partial charge in [0.15, 0.2) is 11.6 Å². The van der Waals surface area contributed by atoms with Crippen LogP contribution in [0.25, 0.3) is 0 Å². The fraction of sp³-hybridized carbons (Fsp3) is 0.476. The molecule has 0 spiro atoms. The molecule has 9 heteroatoms. The van der Waals surface area contributed by atoms with Crippen LogP contribution in [-0.2, 0) is 0 Å². The molecule has 2 aromatic rings. The van der Waals surface area contributed by atoms with E-state index >= 15 is 0 Å². The zero-order chi connectivity index (χ0) is 21.1. The monoisotopic (exact) mass is 410 g/mol. The fourth-order valence-electron chi connectivity index (χ4n) is 4.02. The third-order valence-corrected chi connectivity index (χ3v) is 5.97. The van der Waals surface area contributed by atoms with E-state index in [9.17, 15) is 14.9 Å². The van der Waals surface area contributed by atoms with Gasteiger partial charge in [-0.25, -0.2) is 0 Å². The Hall–Kier alpha value is -3.23. The van der Waals surface area contributed by atoms with Gasteiger partial charge in [-0.15, -0.1) is 10.2 Å². The van der Waals surface area contributed by atoms with Crippen molar-refractivity contribution in [1.82, 2.24) is 15.1 Å². The lowest BCUT2D eigenvalue weighted by Gasteiger charge is -2.35. The molecule has 0 saturated carbocycles. The van der Waals surface area contributed by atoms with Gasteiger partial charge in [0.1, 0.15) is 5.56 Å². The molecule has 1 aromatic heterocycles. The van der Waals surface area contributed by atoms with Crippen molar-refractivity contribution in [3.8, 4) is 0 Å². The van der Waals surface area contributed by atoms with Crippen molar-refractivity contribution in [2.75, 3.05) is 49.1 Å². The summed E-state index contributed by atoms with van der Waals surface area (Å²) in [5, 5.41) is 20.0. The van der Waals surface area contributed by atoms with Gasteiger partial charge in [-0.05, 0) is 37.0 Å². The Morgan fingerprint density at radius 3 is 2.07 bits per heavy atom. The van der Waals surface area contributed by atoms with E-state index < -0.39 is 4.92 Å². The highest BCUT2D eigenvalue weighted by molar-refractivity contribution is 5.98. The number of nitro groups is 1. The Balaban J connectivity index is 1.37. The Morgan fingerprint density at radius 2 is 1.50 bits per heavy atom. The predicted octanol–water partition coefficient (Wildman–Crippen LogP) is 2.58. The fourth-order valence-corrected chi connectivity index (χ4v) is 4.02. The van der Waals surface area contributed by atoms with Crippen molar-refractivity contribution in [3.63, 3.8) is 0 Å². The molecule has 0 N–H and O–H groups in total. The first kappa shape index (κ1) is 20.1. The number of nitro benzene ring substituents is 1. The largest absolute Gasteiger partial charge is 0.355 e. The number of nitrogens with zero attached hydrogens (tertiary/aromatic N) is 6. The minimum absolute atomic E-state index is 0.135. The molecule has 0 radical (unpaired) electrons. The standard InChI is InChI=1S/C21H26N6O3/c1-16-8-10-24(11-9-16)19-6-7-20(23-22-19)25-12-14-26(15-13-25)21(28)17-4-2-3-5-18(17)27(29)30/h2-7,16H,8-15H2,1H3. The van der Waals surface area contributed by atoms with Gasteiger partial charge in [0, 0.05) is 45.3 Å². The number of benzene rings is 1. The highest BCUT2D eigenvalue weighted by Gasteiger charge is 2.27. The van der Waals surface area contributed by atoms with Crippen LogP contribution >= 0.6 is 0 Å². The predicted molar refractivity (Wildman–Crippen MR) is 114 cm³/mol. The quantitative estimate of drug-likeness (QED) is 0.565. The van der Waals surface area contributed by atoms with E-state index in [0.29, 0.717) is 26.2 Å². The number of hydrogen-bond donors (Lipinski definition) is 0. The summed E-state index contributed by atoms with van der Waals surface area (Å²) in [6, 6.07) is 10.1. The van der Waals surface area contributed by atoms with E-state index in [-0.39, 0.29) is 17.2 Å². The molecule has 4 rings (SSSR count). The lowest BCUT2D eigenvalue weighted by atomic mass is 9.99. The molecule has 0 unspecified atom stereocenters. The molecule has 2 aliphatic heterocycles. The molecule has 30 heavy (non-hydrogen) atoms. The highest BCUT2D eigenvalue weighted by atomic mass is 16.6. The van der Waals surface area contributed by atoms with Gasteiger partial charge in [0.05, 0.1) is 4.92 Å². The number of piperidine rings is 1. The maximum absolute atomic E-state index is 12.8. The number of rotatable bonds is 4. The van der Waals surface area contributed by atoms with Crippen molar-refractivity contribution < 1.29 is 9.72 Å². The first-order valence-corrected chi connectivity index (χ1v) is 10.4. The average Bonchev–Trinajstić information content (AvgIpc) is 2.79. The molecule has 2 fully saturated rings. The summed E-state index contributed by atoms with van der Waals surface area (Å²) in [6.45, 7) is 6.51. The molecule has 1 aromatic carbocycles. The second kappa shape index (κ2) is 8.64. The molecular formula is C21H26N6O3. The summed E-state index contributed by atoms with van der Waals surface area (Å²) in [5.41, 5.74) is -0.0190. The maximum atomic E-state index is 12.8. The lowest BCUT2D eigenvalue weighted by molar-refractivity contribution is -0.385. The van der Waals surface area contributed by atoms with Gasteiger partial charge < -0.3 is 14.7 Å². The number of amides is 1. The first-order chi connectivity index (χ1) is 14.5. The maximum Gasteiger partial charge on any atom is 0.282 e. The number of aromatic nitrogens is 2. The Kier molecular flexibility index (Phi) is 5.78. The lowest BCUT2D eigenvalue weighted by Crippen LogP contribution is -2.49. The van der Waals surface area contributed by atoms with Crippen LogP contribution in [0.4, 0.5) is 17.3 Å². The SMILES string of the molecule is CC1CCN(c2ccc(N3CCN(C(=O)c4ccccc4[N+](=O)[O-])CC3)nn2)CC1. The van der Waals surface area contributed by atoms with E-state index in [1.54, 1.807) is 17.0 Å². The number of hydrogen-bond acceptors (Lipinski definition) is 7. The molecule has 3 heterocycles. The average molecular weight is 410 g/mol. The summed E-state index contributed by atoms with van der Waals surface area (Å²) in [4.78, 5) is 29.5. The smallest absolute Gasteiger partial charge is 0.282 e. The summed E-state index contributed by atoms with van der Waals surface area (Å²) < 4.78 is 0. The van der Waals surface area contributed by atoms with E-state index in [4.69, 9.17) is 0 Å². The van der Waals surface area contributed by atoms with Crippen molar-refractivity contribution >= 4 is 23.2 Å². The molecule has 0 atom stereocenters. The molecule has 1 amide bonds. The van der Waals surface area contributed by atoms with Crippen LogP contribution in [0.15, 0.2) is 36.4 Å². The topological polar surface area (TPSA) is 95.7 Å². The van der Waals surface area contributed by atoms with Crippen molar-refractivity contribution in [3.05, 3.63) is 52.1 Å². The van der Waals surface area contributed by atoms with Gasteiger partial charge in [0.25, 0.3) is 11.6 Å². The second-order valence-corrected chi connectivity index (χ2v) is 7.97. The van der Waals surface area contributed by atoms with Crippen molar-refractivity contribution in [1.29, 1.82) is 0 Å². The Labute approximate surface area is 175 Å². The minimum atomic E-state index is -0.510. The van der Waals surface area contributed by atoms with E-state index in [1.165, 1.54) is 25.0 Å². The first-order valence-electron chi connectivity index (χ1n) is 10.4.